The van der Waals surface area contributed by atoms with Gasteiger partial charge in [-0.15, -0.1) is 0 Å². The third kappa shape index (κ3) is 3.31. The van der Waals surface area contributed by atoms with Gasteiger partial charge in [-0.1, -0.05) is 6.92 Å². The third-order valence-electron chi connectivity index (χ3n) is 2.34. The van der Waals surface area contributed by atoms with Gasteiger partial charge in [-0.2, -0.15) is 5.10 Å². The van der Waals surface area contributed by atoms with Gasteiger partial charge in [0.1, 0.15) is 4.47 Å². The first kappa shape index (κ1) is 13.2. The van der Waals surface area contributed by atoms with Crippen LogP contribution in [0.3, 0.4) is 0 Å². The Hall–Kier alpha value is -0.880. The Labute approximate surface area is 103 Å². The zero-order valence-corrected chi connectivity index (χ0v) is 11.0. The molecule has 1 heterocycles. The van der Waals surface area contributed by atoms with Gasteiger partial charge in [-0.05, 0) is 28.8 Å². The highest BCUT2D eigenvalue weighted by Gasteiger charge is 2.06. The molecule has 0 radical (unpaired) electrons. The van der Waals surface area contributed by atoms with Crippen molar-refractivity contribution in [1.29, 1.82) is 0 Å². The summed E-state index contributed by atoms with van der Waals surface area (Å²) in [5.41, 5.74) is 0.479. The van der Waals surface area contributed by atoms with Gasteiger partial charge in [0.25, 0.3) is 5.56 Å². The molecule has 1 rings (SSSR count). The number of aliphatic hydroxyl groups excluding tert-OH is 1. The molecular weight excluding hydrogens is 274 g/mol. The molecule has 5 nitrogen and oxygen atoms in total. The van der Waals surface area contributed by atoms with Gasteiger partial charge in [0, 0.05) is 13.6 Å². The van der Waals surface area contributed by atoms with Crippen LogP contribution in [-0.2, 0) is 7.05 Å². The molecule has 1 aromatic rings. The lowest BCUT2D eigenvalue weighted by Gasteiger charge is -2.10. The Kier molecular flexibility index (Phi) is 4.95. The van der Waals surface area contributed by atoms with E-state index in [2.05, 4.69) is 26.3 Å². The molecule has 1 atom stereocenters. The Bertz CT molecular complexity index is 406. The first-order chi connectivity index (χ1) is 7.56. The Morgan fingerprint density at radius 3 is 3.00 bits per heavy atom. The highest BCUT2D eigenvalue weighted by Crippen LogP contribution is 2.15. The Morgan fingerprint density at radius 1 is 1.69 bits per heavy atom. The molecule has 6 heteroatoms. The number of hydrogen-bond acceptors (Lipinski definition) is 4. The summed E-state index contributed by atoms with van der Waals surface area (Å²) in [6, 6.07) is 0. The summed E-state index contributed by atoms with van der Waals surface area (Å²) in [5, 5.41) is 16.3. The van der Waals surface area contributed by atoms with Crippen LogP contribution < -0.4 is 10.9 Å². The molecule has 1 aromatic heterocycles. The molecule has 0 saturated heterocycles. The van der Waals surface area contributed by atoms with E-state index in [1.807, 2.05) is 6.92 Å². The molecule has 90 valence electrons. The molecule has 1 unspecified atom stereocenters. The van der Waals surface area contributed by atoms with E-state index in [0.717, 1.165) is 6.42 Å². The van der Waals surface area contributed by atoms with Crippen molar-refractivity contribution in [2.24, 2.45) is 7.05 Å². The van der Waals surface area contributed by atoms with E-state index in [0.29, 0.717) is 23.1 Å². The fourth-order valence-electron chi connectivity index (χ4n) is 1.21. The number of aryl methyl sites for hydroxylation is 1. The topological polar surface area (TPSA) is 67.2 Å². The van der Waals surface area contributed by atoms with Crippen molar-refractivity contribution in [1.82, 2.24) is 9.78 Å². The smallest absolute Gasteiger partial charge is 0.282 e. The van der Waals surface area contributed by atoms with Gasteiger partial charge >= 0.3 is 0 Å². The van der Waals surface area contributed by atoms with Crippen LogP contribution in [0.2, 0.25) is 0 Å². The number of aliphatic hydroxyl groups is 1. The van der Waals surface area contributed by atoms with E-state index in [9.17, 15) is 9.90 Å². The molecule has 0 bridgehead atoms. The maximum Gasteiger partial charge on any atom is 0.282 e. The van der Waals surface area contributed by atoms with Gasteiger partial charge in [0.2, 0.25) is 0 Å². The molecule has 16 heavy (non-hydrogen) atoms. The molecule has 0 aliphatic carbocycles. The van der Waals surface area contributed by atoms with Crippen molar-refractivity contribution >= 4 is 21.6 Å². The third-order valence-corrected chi connectivity index (χ3v) is 3.11. The summed E-state index contributed by atoms with van der Waals surface area (Å²) < 4.78 is 1.73. The number of rotatable bonds is 5. The van der Waals surface area contributed by atoms with Crippen LogP contribution in [0.5, 0.6) is 0 Å². The van der Waals surface area contributed by atoms with E-state index in [-0.39, 0.29) is 11.7 Å². The maximum absolute atomic E-state index is 11.5. The zero-order chi connectivity index (χ0) is 12.1. The van der Waals surface area contributed by atoms with Gasteiger partial charge in [-0.25, -0.2) is 4.68 Å². The largest absolute Gasteiger partial charge is 0.393 e. The summed E-state index contributed by atoms with van der Waals surface area (Å²) >= 11 is 3.22. The van der Waals surface area contributed by atoms with Crippen LogP contribution in [0.4, 0.5) is 5.69 Å². The minimum Gasteiger partial charge on any atom is -0.393 e. The predicted octanol–water partition coefficient (Wildman–Crippen LogP) is 1.12. The van der Waals surface area contributed by atoms with Gasteiger partial charge < -0.3 is 10.4 Å². The number of hydrogen-bond donors (Lipinski definition) is 2. The summed E-state index contributed by atoms with van der Waals surface area (Å²) in [4.78, 5) is 11.5. The lowest BCUT2D eigenvalue weighted by atomic mass is 10.2. The van der Waals surface area contributed by atoms with E-state index < -0.39 is 0 Å². The van der Waals surface area contributed by atoms with Crippen LogP contribution in [0, 0.1) is 0 Å². The lowest BCUT2D eigenvalue weighted by molar-refractivity contribution is 0.164. The fraction of sp³-hybridized carbons (Fsp3) is 0.600. The summed E-state index contributed by atoms with van der Waals surface area (Å²) in [6.07, 6.45) is 2.67. The minimum absolute atomic E-state index is 0.180. The quantitative estimate of drug-likeness (QED) is 0.852. The van der Waals surface area contributed by atoms with E-state index in [1.54, 1.807) is 13.2 Å². The SMILES string of the molecule is CCC(O)CCNc1cnn(C)c(=O)c1Br. The molecule has 0 saturated carbocycles. The highest BCUT2D eigenvalue weighted by molar-refractivity contribution is 9.10. The second-order valence-corrected chi connectivity index (χ2v) is 4.37. The minimum atomic E-state index is -0.300. The summed E-state index contributed by atoms with van der Waals surface area (Å²) in [7, 11) is 1.59. The van der Waals surface area contributed by atoms with Crippen LogP contribution in [0.1, 0.15) is 19.8 Å². The van der Waals surface area contributed by atoms with Gasteiger partial charge in [0.05, 0.1) is 18.0 Å². The zero-order valence-electron chi connectivity index (χ0n) is 9.40. The molecular formula is C10H16BrN3O2. The molecule has 2 N–H and O–H groups in total. The molecule has 0 aliphatic rings. The van der Waals surface area contributed by atoms with Crippen LogP contribution in [-0.4, -0.2) is 27.5 Å². The predicted molar refractivity (Wildman–Crippen MR) is 66.6 cm³/mol. The second-order valence-electron chi connectivity index (χ2n) is 3.58. The number of nitrogens with one attached hydrogen (secondary N) is 1. The van der Waals surface area contributed by atoms with Crippen molar-refractivity contribution in [2.75, 3.05) is 11.9 Å². The number of nitrogens with zero attached hydrogens (tertiary/aromatic N) is 2. The normalized spacial score (nSPS) is 12.5. The average molecular weight is 290 g/mol. The standard InChI is InChI=1S/C10H16BrN3O2/c1-3-7(15)4-5-12-8-6-13-14(2)10(16)9(8)11/h6-7,12,15H,3-5H2,1-2H3. The molecule has 0 spiro atoms. The summed E-state index contributed by atoms with van der Waals surface area (Å²) in [6.45, 7) is 2.54. The number of anilines is 1. The average Bonchev–Trinajstić information content (AvgIpc) is 2.29. The second kappa shape index (κ2) is 6.00. The van der Waals surface area contributed by atoms with E-state index in [4.69, 9.17) is 0 Å². The van der Waals surface area contributed by atoms with Crippen molar-refractivity contribution < 1.29 is 5.11 Å². The van der Waals surface area contributed by atoms with Crippen molar-refractivity contribution in [2.45, 2.75) is 25.9 Å². The van der Waals surface area contributed by atoms with Crippen molar-refractivity contribution in [3.63, 3.8) is 0 Å². The fourth-order valence-corrected chi connectivity index (χ4v) is 1.71. The highest BCUT2D eigenvalue weighted by atomic mass is 79.9. The number of aromatic nitrogens is 2. The van der Waals surface area contributed by atoms with Crippen LogP contribution in [0.15, 0.2) is 15.5 Å². The van der Waals surface area contributed by atoms with E-state index >= 15 is 0 Å². The Morgan fingerprint density at radius 2 is 2.38 bits per heavy atom. The van der Waals surface area contributed by atoms with E-state index in [1.165, 1.54) is 4.68 Å². The molecule has 0 fully saturated rings. The summed E-state index contributed by atoms with van der Waals surface area (Å²) in [5.74, 6) is 0. The van der Waals surface area contributed by atoms with Crippen LogP contribution >= 0.6 is 15.9 Å². The lowest BCUT2D eigenvalue weighted by Crippen LogP contribution is -2.22. The molecule has 0 aliphatic heterocycles. The van der Waals surface area contributed by atoms with Gasteiger partial charge in [0.15, 0.2) is 0 Å². The molecule has 0 aromatic carbocycles. The maximum atomic E-state index is 11.5. The first-order valence-corrected chi connectivity index (χ1v) is 5.99. The van der Waals surface area contributed by atoms with Crippen LogP contribution in [0.25, 0.3) is 0 Å². The van der Waals surface area contributed by atoms with Crippen molar-refractivity contribution in [3.8, 4) is 0 Å². The van der Waals surface area contributed by atoms with Gasteiger partial charge in [-0.3, -0.25) is 4.79 Å². The Balaban J connectivity index is 2.62. The monoisotopic (exact) mass is 289 g/mol. The first-order valence-electron chi connectivity index (χ1n) is 5.20. The number of halogens is 1. The molecule has 0 amide bonds. The van der Waals surface area contributed by atoms with Crippen molar-refractivity contribution in [3.05, 3.63) is 21.0 Å².